The molecule has 0 spiro atoms. The van der Waals surface area contributed by atoms with Crippen molar-refractivity contribution < 1.29 is 4.39 Å². The minimum Gasteiger partial charge on any atom is -0.315 e. The van der Waals surface area contributed by atoms with Crippen molar-refractivity contribution >= 4 is 15.9 Å². The van der Waals surface area contributed by atoms with Crippen LogP contribution in [0.15, 0.2) is 22.7 Å². The molecule has 1 aromatic carbocycles. The third-order valence-corrected chi connectivity index (χ3v) is 4.75. The SMILES string of the molecule is CCCN(C1CCCNC1)C(C)c1ccc(F)c(Br)c1. The van der Waals surface area contributed by atoms with Gasteiger partial charge in [0.25, 0.3) is 0 Å². The van der Waals surface area contributed by atoms with Gasteiger partial charge in [0, 0.05) is 18.6 Å². The van der Waals surface area contributed by atoms with Crippen LogP contribution < -0.4 is 5.32 Å². The van der Waals surface area contributed by atoms with Gasteiger partial charge in [-0.15, -0.1) is 0 Å². The van der Waals surface area contributed by atoms with Crippen LogP contribution in [-0.4, -0.2) is 30.6 Å². The Morgan fingerprint density at radius 3 is 2.90 bits per heavy atom. The van der Waals surface area contributed by atoms with Crippen LogP contribution in [0.4, 0.5) is 4.39 Å². The van der Waals surface area contributed by atoms with Gasteiger partial charge in [0.2, 0.25) is 0 Å². The fourth-order valence-corrected chi connectivity index (χ4v) is 3.43. The Hall–Kier alpha value is -0.450. The number of nitrogens with zero attached hydrogens (tertiary/aromatic N) is 1. The second-order valence-corrected chi connectivity index (χ2v) is 6.44. The van der Waals surface area contributed by atoms with Crippen molar-refractivity contribution in [1.82, 2.24) is 10.2 Å². The van der Waals surface area contributed by atoms with E-state index < -0.39 is 0 Å². The lowest BCUT2D eigenvalue weighted by atomic mass is 10.00. The molecule has 0 radical (unpaired) electrons. The van der Waals surface area contributed by atoms with Crippen molar-refractivity contribution in [3.05, 3.63) is 34.1 Å². The molecule has 1 saturated heterocycles. The van der Waals surface area contributed by atoms with Crippen LogP contribution in [-0.2, 0) is 0 Å². The molecule has 2 nitrogen and oxygen atoms in total. The van der Waals surface area contributed by atoms with E-state index in [0.29, 0.717) is 16.6 Å². The second kappa shape index (κ2) is 7.53. The summed E-state index contributed by atoms with van der Waals surface area (Å²) >= 11 is 3.29. The molecule has 0 saturated carbocycles. The predicted octanol–water partition coefficient (Wildman–Crippen LogP) is 4.11. The molecule has 1 fully saturated rings. The zero-order chi connectivity index (χ0) is 14.5. The fourth-order valence-electron chi connectivity index (χ4n) is 3.03. The lowest BCUT2D eigenvalue weighted by Crippen LogP contribution is -2.47. The Morgan fingerprint density at radius 1 is 1.50 bits per heavy atom. The maximum absolute atomic E-state index is 13.4. The van der Waals surface area contributed by atoms with Gasteiger partial charge in [0.1, 0.15) is 5.82 Å². The fraction of sp³-hybridized carbons (Fsp3) is 0.625. The van der Waals surface area contributed by atoms with E-state index in [1.54, 1.807) is 6.07 Å². The first kappa shape index (κ1) is 15.9. The molecule has 112 valence electrons. The summed E-state index contributed by atoms with van der Waals surface area (Å²) < 4.78 is 14.0. The summed E-state index contributed by atoms with van der Waals surface area (Å²) in [5.41, 5.74) is 1.18. The summed E-state index contributed by atoms with van der Waals surface area (Å²) in [5, 5.41) is 3.49. The first-order valence-corrected chi connectivity index (χ1v) is 8.34. The number of benzene rings is 1. The van der Waals surface area contributed by atoms with Gasteiger partial charge in [-0.05, 0) is 72.9 Å². The van der Waals surface area contributed by atoms with Crippen molar-refractivity contribution in [2.75, 3.05) is 19.6 Å². The van der Waals surface area contributed by atoms with Crippen LogP contribution in [0.5, 0.6) is 0 Å². The third kappa shape index (κ3) is 3.80. The van der Waals surface area contributed by atoms with E-state index in [0.717, 1.165) is 26.1 Å². The highest BCUT2D eigenvalue weighted by Gasteiger charge is 2.25. The average Bonchev–Trinajstić information content (AvgIpc) is 2.48. The summed E-state index contributed by atoms with van der Waals surface area (Å²) in [6.45, 7) is 7.72. The normalized spacial score (nSPS) is 21.1. The molecule has 1 aliphatic heterocycles. The number of rotatable bonds is 5. The van der Waals surface area contributed by atoms with Crippen molar-refractivity contribution in [2.24, 2.45) is 0 Å². The number of hydrogen-bond acceptors (Lipinski definition) is 2. The van der Waals surface area contributed by atoms with Crippen molar-refractivity contribution in [3.63, 3.8) is 0 Å². The summed E-state index contributed by atoms with van der Waals surface area (Å²) in [5.74, 6) is -0.192. The molecular weight excluding hydrogens is 319 g/mol. The number of hydrogen-bond donors (Lipinski definition) is 1. The highest BCUT2D eigenvalue weighted by Crippen LogP contribution is 2.28. The number of nitrogens with one attached hydrogen (secondary N) is 1. The largest absolute Gasteiger partial charge is 0.315 e. The van der Waals surface area contributed by atoms with Gasteiger partial charge in [-0.25, -0.2) is 4.39 Å². The Morgan fingerprint density at radius 2 is 2.30 bits per heavy atom. The van der Waals surface area contributed by atoms with E-state index in [2.05, 4.69) is 40.0 Å². The van der Waals surface area contributed by atoms with E-state index >= 15 is 0 Å². The molecule has 1 aliphatic rings. The molecular formula is C16H24BrFN2. The van der Waals surface area contributed by atoms with Gasteiger partial charge in [-0.1, -0.05) is 13.0 Å². The van der Waals surface area contributed by atoms with Gasteiger partial charge in [0.05, 0.1) is 4.47 Å². The van der Waals surface area contributed by atoms with E-state index in [-0.39, 0.29) is 5.82 Å². The third-order valence-electron chi connectivity index (χ3n) is 4.15. The molecule has 0 amide bonds. The molecule has 1 aromatic rings. The molecule has 0 aromatic heterocycles. The Bertz CT molecular complexity index is 432. The van der Waals surface area contributed by atoms with Crippen LogP contribution in [0.3, 0.4) is 0 Å². The van der Waals surface area contributed by atoms with Gasteiger partial charge < -0.3 is 5.32 Å². The summed E-state index contributed by atoms with van der Waals surface area (Å²) in [6.07, 6.45) is 3.63. The molecule has 1 heterocycles. The van der Waals surface area contributed by atoms with E-state index in [1.807, 2.05) is 12.1 Å². The van der Waals surface area contributed by atoms with Gasteiger partial charge in [0.15, 0.2) is 0 Å². The van der Waals surface area contributed by atoms with Gasteiger partial charge >= 0.3 is 0 Å². The highest BCUT2D eigenvalue weighted by atomic mass is 79.9. The Balaban J connectivity index is 2.16. The zero-order valence-electron chi connectivity index (χ0n) is 12.3. The van der Waals surface area contributed by atoms with Crippen LogP contribution in [0.2, 0.25) is 0 Å². The van der Waals surface area contributed by atoms with Crippen molar-refractivity contribution in [3.8, 4) is 0 Å². The van der Waals surface area contributed by atoms with Crippen LogP contribution >= 0.6 is 15.9 Å². The molecule has 2 rings (SSSR count). The Labute approximate surface area is 129 Å². The maximum atomic E-state index is 13.4. The minimum absolute atomic E-state index is 0.192. The first-order chi connectivity index (χ1) is 9.63. The van der Waals surface area contributed by atoms with Crippen molar-refractivity contribution in [2.45, 2.75) is 45.2 Å². The topological polar surface area (TPSA) is 15.3 Å². The van der Waals surface area contributed by atoms with E-state index in [9.17, 15) is 4.39 Å². The second-order valence-electron chi connectivity index (χ2n) is 5.59. The number of piperidine rings is 1. The summed E-state index contributed by atoms with van der Waals surface area (Å²) in [4.78, 5) is 2.56. The maximum Gasteiger partial charge on any atom is 0.137 e. The molecule has 4 heteroatoms. The highest BCUT2D eigenvalue weighted by molar-refractivity contribution is 9.10. The molecule has 2 atom stereocenters. The van der Waals surface area contributed by atoms with Gasteiger partial charge in [-0.3, -0.25) is 4.90 Å². The van der Waals surface area contributed by atoms with Crippen LogP contribution in [0, 0.1) is 5.82 Å². The molecule has 20 heavy (non-hydrogen) atoms. The monoisotopic (exact) mass is 342 g/mol. The number of halogens is 2. The summed E-state index contributed by atoms with van der Waals surface area (Å²) in [6, 6.07) is 6.28. The van der Waals surface area contributed by atoms with Gasteiger partial charge in [-0.2, -0.15) is 0 Å². The average molecular weight is 343 g/mol. The Kier molecular flexibility index (Phi) is 6.00. The molecule has 2 unspecified atom stereocenters. The van der Waals surface area contributed by atoms with E-state index in [1.165, 1.54) is 18.4 Å². The lowest BCUT2D eigenvalue weighted by Gasteiger charge is -2.39. The van der Waals surface area contributed by atoms with Crippen LogP contribution in [0.25, 0.3) is 0 Å². The quantitative estimate of drug-likeness (QED) is 0.865. The molecule has 0 aliphatic carbocycles. The predicted molar refractivity (Wildman–Crippen MR) is 85.4 cm³/mol. The molecule has 0 bridgehead atoms. The first-order valence-electron chi connectivity index (χ1n) is 7.55. The van der Waals surface area contributed by atoms with Crippen molar-refractivity contribution in [1.29, 1.82) is 0 Å². The minimum atomic E-state index is -0.192. The van der Waals surface area contributed by atoms with Crippen LogP contribution in [0.1, 0.15) is 44.7 Å². The lowest BCUT2D eigenvalue weighted by molar-refractivity contribution is 0.120. The van der Waals surface area contributed by atoms with E-state index in [4.69, 9.17) is 0 Å². The molecule has 1 N–H and O–H groups in total. The standard InChI is InChI=1S/C16H24BrFN2/c1-3-9-20(14-5-4-8-19-11-14)12(2)13-6-7-16(18)15(17)10-13/h6-7,10,12,14,19H,3-5,8-9,11H2,1-2H3. The smallest absolute Gasteiger partial charge is 0.137 e. The summed E-state index contributed by atoms with van der Waals surface area (Å²) in [7, 11) is 0. The zero-order valence-corrected chi connectivity index (χ0v) is 13.9.